The van der Waals surface area contributed by atoms with Crippen LogP contribution in [0.1, 0.15) is 26.0 Å². The normalized spacial score (nSPS) is 22.3. The second-order valence-corrected chi connectivity index (χ2v) is 4.93. The predicted molar refractivity (Wildman–Crippen MR) is 63.5 cm³/mol. The topological polar surface area (TPSA) is 90.3 Å². The lowest BCUT2D eigenvalue weighted by Crippen LogP contribution is -2.21. The van der Waals surface area contributed by atoms with Crippen molar-refractivity contribution in [3.63, 3.8) is 0 Å². The zero-order valence-corrected chi connectivity index (χ0v) is 10.9. The molecule has 0 amide bonds. The molecule has 8 heteroatoms. The Hall–Kier alpha value is -1.18. The Morgan fingerprint density at radius 2 is 2.39 bits per heavy atom. The van der Waals surface area contributed by atoms with Gasteiger partial charge in [-0.1, -0.05) is 0 Å². The third-order valence-electron chi connectivity index (χ3n) is 2.68. The molecule has 1 aliphatic heterocycles. The van der Waals surface area contributed by atoms with E-state index in [4.69, 9.17) is 21.1 Å². The first-order chi connectivity index (χ1) is 8.37. The summed E-state index contributed by atoms with van der Waals surface area (Å²) >= 11 is 5.62. The van der Waals surface area contributed by atoms with Gasteiger partial charge in [0.25, 0.3) is 5.28 Å². The first-order valence-corrected chi connectivity index (χ1v) is 5.96. The Labute approximate surface area is 109 Å². The first kappa shape index (κ1) is 13.3. The number of hydrogen-bond acceptors (Lipinski definition) is 5. The van der Waals surface area contributed by atoms with Crippen LogP contribution < -0.4 is 0 Å². The molecule has 0 bridgehead atoms. The van der Waals surface area contributed by atoms with Crippen molar-refractivity contribution in [3.05, 3.63) is 21.1 Å². The van der Waals surface area contributed by atoms with Crippen molar-refractivity contribution in [2.75, 3.05) is 6.61 Å². The van der Waals surface area contributed by atoms with Gasteiger partial charge < -0.3 is 19.6 Å². The lowest BCUT2D eigenvalue weighted by molar-refractivity contribution is -0.390. The zero-order chi connectivity index (χ0) is 13.3. The number of aryl methyl sites for hydroxylation is 1. The van der Waals surface area contributed by atoms with Gasteiger partial charge >= 0.3 is 5.82 Å². The summed E-state index contributed by atoms with van der Waals surface area (Å²) in [5, 5.41) is 10.8. The maximum atomic E-state index is 10.8. The summed E-state index contributed by atoms with van der Waals surface area (Å²) in [7, 11) is 0. The van der Waals surface area contributed by atoms with E-state index in [0.717, 1.165) is 0 Å². The molecule has 1 aromatic rings. The Morgan fingerprint density at radius 1 is 1.67 bits per heavy atom. The van der Waals surface area contributed by atoms with Crippen molar-refractivity contribution in [2.24, 2.45) is 0 Å². The molecule has 0 aliphatic carbocycles. The Bertz CT molecular complexity index is 460. The van der Waals surface area contributed by atoms with Crippen LogP contribution in [-0.2, 0) is 15.9 Å². The van der Waals surface area contributed by atoms with Crippen molar-refractivity contribution in [2.45, 2.75) is 38.6 Å². The molecular weight excluding hydrogens is 262 g/mol. The van der Waals surface area contributed by atoms with Gasteiger partial charge in [-0.05, 0) is 36.8 Å². The molecule has 7 nitrogen and oxygen atoms in total. The van der Waals surface area contributed by atoms with Gasteiger partial charge in [0, 0.05) is 6.42 Å². The fraction of sp³-hybridized carbons (Fsp3) is 0.700. The highest BCUT2D eigenvalue weighted by Crippen LogP contribution is 2.26. The monoisotopic (exact) mass is 275 g/mol. The number of imidazole rings is 1. The molecule has 1 aromatic heterocycles. The maximum absolute atomic E-state index is 10.8. The van der Waals surface area contributed by atoms with Gasteiger partial charge in [0.1, 0.15) is 5.69 Å². The van der Waals surface area contributed by atoms with Crippen LogP contribution >= 0.6 is 11.6 Å². The van der Waals surface area contributed by atoms with Gasteiger partial charge in [-0.25, -0.2) is 4.98 Å². The molecule has 1 fully saturated rings. The van der Waals surface area contributed by atoms with Crippen LogP contribution in [0.15, 0.2) is 0 Å². The molecule has 1 saturated heterocycles. The van der Waals surface area contributed by atoms with E-state index in [9.17, 15) is 10.1 Å². The number of nitrogens with zero attached hydrogens (tertiary/aromatic N) is 2. The summed E-state index contributed by atoms with van der Waals surface area (Å²) in [6.45, 7) is 4.15. The van der Waals surface area contributed by atoms with Gasteiger partial charge in [-0.15, -0.1) is 0 Å². The Kier molecular flexibility index (Phi) is 3.56. The fourth-order valence-electron chi connectivity index (χ4n) is 1.90. The van der Waals surface area contributed by atoms with Crippen molar-refractivity contribution in [1.29, 1.82) is 0 Å². The highest BCUT2D eigenvalue weighted by atomic mass is 35.5. The van der Waals surface area contributed by atoms with Crippen molar-refractivity contribution in [1.82, 2.24) is 9.97 Å². The largest absolute Gasteiger partial charge is 0.358 e. The lowest BCUT2D eigenvalue weighted by Gasteiger charge is -2.16. The molecule has 2 rings (SSSR count). The van der Waals surface area contributed by atoms with Gasteiger partial charge in [0.05, 0.1) is 12.7 Å². The predicted octanol–water partition coefficient (Wildman–Crippen LogP) is 2.06. The molecule has 0 saturated carbocycles. The van der Waals surface area contributed by atoms with Crippen molar-refractivity contribution in [3.8, 4) is 0 Å². The van der Waals surface area contributed by atoms with Crippen molar-refractivity contribution < 1.29 is 14.4 Å². The molecule has 2 heterocycles. The van der Waals surface area contributed by atoms with E-state index >= 15 is 0 Å². The highest BCUT2D eigenvalue weighted by Gasteiger charge is 2.33. The molecule has 0 radical (unpaired) electrons. The summed E-state index contributed by atoms with van der Waals surface area (Å²) in [5.74, 6) is -0.738. The quantitative estimate of drug-likeness (QED) is 0.671. The van der Waals surface area contributed by atoms with Crippen LogP contribution in [0.4, 0.5) is 5.82 Å². The van der Waals surface area contributed by atoms with E-state index in [-0.39, 0.29) is 17.2 Å². The van der Waals surface area contributed by atoms with Crippen LogP contribution in [0.5, 0.6) is 0 Å². The average molecular weight is 276 g/mol. The SMILES string of the molecule is CC1(C)OC[C@@H](CCc2nc(Cl)[nH]c2[N+](=O)[O-])O1. The number of ether oxygens (including phenoxy) is 2. The Balaban J connectivity index is 1.97. The lowest BCUT2D eigenvalue weighted by atomic mass is 10.1. The van der Waals surface area contributed by atoms with Crippen LogP contribution in [0, 0.1) is 10.1 Å². The van der Waals surface area contributed by atoms with E-state index in [1.165, 1.54) is 0 Å². The molecule has 18 heavy (non-hydrogen) atoms. The molecule has 1 atom stereocenters. The van der Waals surface area contributed by atoms with Crippen LogP contribution in [0.2, 0.25) is 5.28 Å². The number of rotatable bonds is 4. The summed E-state index contributed by atoms with van der Waals surface area (Å²) in [6.07, 6.45) is 0.949. The summed E-state index contributed by atoms with van der Waals surface area (Å²) in [5.41, 5.74) is 0.346. The van der Waals surface area contributed by atoms with Gasteiger partial charge in [-0.3, -0.25) is 0 Å². The molecule has 0 unspecified atom stereocenters. The van der Waals surface area contributed by atoms with Crippen molar-refractivity contribution >= 4 is 17.4 Å². The summed E-state index contributed by atoms with van der Waals surface area (Å²) in [4.78, 5) is 16.6. The van der Waals surface area contributed by atoms with E-state index in [1.54, 1.807) is 0 Å². The minimum atomic E-state index is -0.584. The van der Waals surface area contributed by atoms with Crippen LogP contribution in [0.3, 0.4) is 0 Å². The number of aromatic amines is 1. The van der Waals surface area contributed by atoms with Gasteiger partial charge in [-0.2, -0.15) is 4.98 Å². The number of nitrogens with one attached hydrogen (secondary N) is 1. The second-order valence-electron chi connectivity index (χ2n) is 4.57. The molecule has 100 valence electrons. The van der Waals surface area contributed by atoms with Crippen LogP contribution in [0.25, 0.3) is 0 Å². The summed E-state index contributed by atoms with van der Waals surface area (Å²) < 4.78 is 11.0. The van der Waals surface area contributed by atoms with Crippen LogP contribution in [-0.4, -0.2) is 33.4 Å². The number of halogens is 1. The van der Waals surface area contributed by atoms with E-state index in [2.05, 4.69) is 9.97 Å². The number of H-pyrrole nitrogens is 1. The maximum Gasteiger partial charge on any atom is 0.344 e. The smallest absolute Gasteiger partial charge is 0.344 e. The second kappa shape index (κ2) is 4.83. The molecule has 1 aliphatic rings. The standard InChI is InChI=1S/C10H14ClN3O4/c1-10(2)17-5-6(18-10)3-4-7-8(14(15)16)13-9(11)12-7/h6H,3-5H2,1-2H3,(H,12,13)/t6-/m1/s1. The minimum Gasteiger partial charge on any atom is -0.358 e. The minimum absolute atomic E-state index is 0.0284. The van der Waals surface area contributed by atoms with Gasteiger partial charge in [0.2, 0.25) is 0 Å². The molecule has 1 N–H and O–H groups in total. The van der Waals surface area contributed by atoms with Gasteiger partial charge in [0.15, 0.2) is 5.79 Å². The number of nitro groups is 1. The molecule has 0 spiro atoms. The number of aromatic nitrogens is 2. The number of hydrogen-bond donors (Lipinski definition) is 1. The third kappa shape index (κ3) is 2.98. The van der Waals surface area contributed by atoms with E-state index < -0.39 is 10.7 Å². The fourth-order valence-corrected chi connectivity index (χ4v) is 2.09. The molecule has 0 aromatic carbocycles. The molecular formula is C10H14ClN3O4. The summed E-state index contributed by atoms with van der Waals surface area (Å²) in [6, 6.07) is 0. The first-order valence-electron chi connectivity index (χ1n) is 5.58. The average Bonchev–Trinajstić information content (AvgIpc) is 2.78. The highest BCUT2D eigenvalue weighted by molar-refractivity contribution is 6.28. The van der Waals surface area contributed by atoms with E-state index in [0.29, 0.717) is 25.1 Å². The Morgan fingerprint density at radius 3 is 2.94 bits per heavy atom. The van der Waals surface area contributed by atoms with E-state index in [1.807, 2.05) is 13.8 Å². The zero-order valence-electron chi connectivity index (χ0n) is 10.1. The third-order valence-corrected chi connectivity index (χ3v) is 2.86.